The average Bonchev–Trinajstić information content (AvgIpc) is 0.930. The van der Waals surface area contributed by atoms with Crippen LogP contribution in [-0.4, -0.2) is 33.6 Å². The first-order chi connectivity index (χ1) is 56.1. The molecule has 0 radical (unpaired) electrons. The second kappa shape index (κ2) is 34.3. The second-order valence-corrected chi connectivity index (χ2v) is 36.1. The predicted octanol–water partition coefficient (Wildman–Crippen LogP) is 30.5. The van der Waals surface area contributed by atoms with Crippen molar-refractivity contribution in [3.05, 3.63) is 214 Å². The lowest BCUT2D eigenvalue weighted by Gasteiger charge is -2.34. The molecular weight excluding hydrogens is 1430 g/mol. The summed E-state index contributed by atoms with van der Waals surface area (Å²) in [4.78, 5) is 76.7. The summed E-state index contributed by atoms with van der Waals surface area (Å²) in [5.41, 5.74) is 16.8. The van der Waals surface area contributed by atoms with Crippen LogP contribution in [0.3, 0.4) is 0 Å². The number of fused-ring (bicyclic) bond motifs is 10. The first-order valence-electron chi connectivity index (χ1n) is 44.4. The number of hydrogen-bond donors (Lipinski definition) is 0. The summed E-state index contributed by atoms with van der Waals surface area (Å²) in [6, 6.07) is 59.8. The first-order valence-corrected chi connectivity index (χ1v) is 46.0. The van der Waals surface area contributed by atoms with Gasteiger partial charge in [-0.1, -0.05) is 318 Å². The van der Waals surface area contributed by atoms with Gasteiger partial charge < -0.3 is 0 Å². The van der Waals surface area contributed by atoms with Gasteiger partial charge in [-0.25, -0.2) is 19.8 Å². The van der Waals surface area contributed by atoms with Gasteiger partial charge in [-0.05, 0) is 187 Å². The molecule has 0 atom stereocenters. The molecule has 2 aliphatic carbocycles. The SMILES string of the molecule is CCCCCCCCCCC1(CCCCCCCCCC)c2cc(-c3nc4ccccc4s3)ccc2-c2ccc(N3C(=O)c4ccc5c6ccc7c8c(ccc(c9ccc(c4c59)C3=O)c86)C(=O)N(c3ccc4c(c3)C(CCCCCCCCCC)(CCCCCCCCCC)c3cc(-c5nc6ccccc6s5)ccc3-4)C7=O)cc21. The molecule has 0 saturated carbocycles. The minimum atomic E-state index is -0.342. The molecule has 114 heavy (non-hydrogen) atoms. The molecule has 2 aliphatic heterocycles. The van der Waals surface area contributed by atoms with Crippen LogP contribution >= 0.6 is 22.7 Å². The average molecular weight is 1550 g/mol. The standard InChI is InChI=1S/C104H112N4O4S2/c1-5-9-13-17-21-25-29-37-61-103(62-38-30-26-22-18-14-10-6-2)85-65-69(97-105-89-41-33-35-43-91(89)113-97)45-49-73(85)75-51-47-71(67-87(75)103)107-99(109)81-57-53-77-79-55-59-83-96-84(60-56-80(94(79)96)78-54-58-82(100(107)110)95(81)93(77)78)102(112)108(101(83)111)72-48-52-76-74-50-46-70(98-106-90-42-34-36-44-92(90)114-98)66-86(74)104(88(76)68-72,63-39-31-27-23-19-15-11-7-3)64-40-32-28-24-20-16-12-8-4/h33-36,41-60,65-68H,5-32,37-40,61-64H2,1-4H3. The van der Waals surface area contributed by atoms with Crippen molar-refractivity contribution < 1.29 is 19.2 Å². The number of benzene rings is 11. The minimum Gasteiger partial charge on any atom is -0.268 e. The van der Waals surface area contributed by atoms with E-state index in [1.807, 2.05) is 60.7 Å². The Morgan fingerprint density at radius 1 is 0.272 bits per heavy atom. The Balaban J connectivity index is 0.708. The van der Waals surface area contributed by atoms with Crippen molar-refractivity contribution in [1.82, 2.24) is 9.97 Å². The lowest BCUT2D eigenvalue weighted by molar-refractivity contribution is 0.0877. The maximum absolute atomic E-state index is 15.9. The number of carbonyl (C=O) groups is 4. The van der Waals surface area contributed by atoms with Crippen molar-refractivity contribution in [2.24, 2.45) is 0 Å². The van der Waals surface area contributed by atoms with E-state index in [0.29, 0.717) is 44.4 Å². The molecule has 2 aromatic heterocycles. The highest BCUT2D eigenvalue weighted by Gasteiger charge is 2.47. The highest BCUT2D eigenvalue weighted by Crippen LogP contribution is 2.59. The van der Waals surface area contributed by atoms with Crippen LogP contribution in [0, 0.1) is 0 Å². The fourth-order valence-corrected chi connectivity index (χ4v) is 22.7. The van der Waals surface area contributed by atoms with Gasteiger partial charge in [0.25, 0.3) is 23.6 Å². The Hall–Kier alpha value is -9.22. The van der Waals surface area contributed by atoms with Crippen molar-refractivity contribution in [3.63, 3.8) is 0 Å². The molecular formula is C104H112N4O4S2. The third-order valence-corrected chi connectivity index (χ3v) is 28.9. The highest BCUT2D eigenvalue weighted by molar-refractivity contribution is 7.22. The molecule has 4 aliphatic rings. The summed E-state index contributed by atoms with van der Waals surface area (Å²) in [5.74, 6) is -1.34. The van der Waals surface area contributed by atoms with Crippen LogP contribution in [0.4, 0.5) is 11.4 Å². The van der Waals surface area contributed by atoms with Crippen molar-refractivity contribution in [2.75, 3.05) is 9.80 Å². The summed E-state index contributed by atoms with van der Waals surface area (Å²) in [6.45, 7) is 9.15. The molecule has 8 nitrogen and oxygen atoms in total. The number of amides is 4. The number of aromatic nitrogens is 2. The molecule has 0 fully saturated rings. The van der Waals surface area contributed by atoms with Crippen molar-refractivity contribution in [1.29, 1.82) is 0 Å². The molecule has 10 heteroatoms. The van der Waals surface area contributed by atoms with Gasteiger partial charge in [-0.2, -0.15) is 0 Å². The summed E-state index contributed by atoms with van der Waals surface area (Å²) < 4.78 is 2.36. The Bertz CT molecular complexity index is 5180. The van der Waals surface area contributed by atoms with Crippen molar-refractivity contribution in [2.45, 2.75) is 270 Å². The quantitative estimate of drug-likeness (QED) is 0.0164. The van der Waals surface area contributed by atoms with Gasteiger partial charge in [-0.15, -0.1) is 22.7 Å². The zero-order chi connectivity index (χ0) is 77.9. The van der Waals surface area contributed by atoms with Gasteiger partial charge in [0.15, 0.2) is 0 Å². The number of thiazole rings is 2. The maximum atomic E-state index is 15.9. The molecule has 13 aromatic rings. The van der Waals surface area contributed by atoms with Crippen LogP contribution in [0.15, 0.2) is 170 Å². The van der Waals surface area contributed by atoms with E-state index in [-0.39, 0.29) is 34.5 Å². The van der Waals surface area contributed by atoms with Gasteiger partial charge in [-0.3, -0.25) is 19.2 Å². The number of imide groups is 2. The van der Waals surface area contributed by atoms with Crippen molar-refractivity contribution >= 4 is 121 Å². The van der Waals surface area contributed by atoms with Crippen LogP contribution in [0.2, 0.25) is 0 Å². The number of unbranched alkanes of at least 4 members (excludes halogenated alkanes) is 28. The summed E-state index contributed by atoms with van der Waals surface area (Å²) in [7, 11) is 0. The first kappa shape index (κ1) is 77.4. The van der Waals surface area contributed by atoms with Crippen molar-refractivity contribution in [3.8, 4) is 43.4 Å². The van der Waals surface area contributed by atoms with Gasteiger partial charge in [0.05, 0.1) is 31.8 Å². The Morgan fingerprint density at radius 3 is 0.833 bits per heavy atom. The van der Waals surface area contributed by atoms with E-state index >= 15 is 19.2 Å². The molecule has 4 heterocycles. The molecule has 0 bridgehead atoms. The summed E-state index contributed by atoms with van der Waals surface area (Å²) in [6.07, 6.45) is 43.3. The zero-order valence-corrected chi connectivity index (χ0v) is 69.5. The monoisotopic (exact) mass is 1540 g/mol. The summed E-state index contributed by atoms with van der Waals surface area (Å²) >= 11 is 3.51. The smallest absolute Gasteiger partial charge is 0.265 e. The van der Waals surface area contributed by atoms with Crippen LogP contribution < -0.4 is 9.80 Å². The van der Waals surface area contributed by atoms with Crippen LogP contribution in [0.5, 0.6) is 0 Å². The number of rotatable bonds is 40. The number of carbonyl (C=O) groups excluding carboxylic acids is 4. The van der Waals surface area contributed by atoms with Gasteiger partial charge in [0.2, 0.25) is 0 Å². The number of nitrogens with zero attached hydrogens (tertiary/aromatic N) is 4. The van der Waals surface area contributed by atoms with E-state index < -0.39 is 0 Å². The third-order valence-electron chi connectivity index (χ3n) is 26.8. The number of anilines is 2. The second-order valence-electron chi connectivity index (χ2n) is 34.1. The Kier molecular flexibility index (Phi) is 23.3. The zero-order valence-electron chi connectivity index (χ0n) is 67.9. The minimum absolute atomic E-state index is 0.336. The van der Waals surface area contributed by atoms with Gasteiger partial charge in [0, 0.05) is 55.0 Å². The molecule has 17 rings (SSSR count). The Morgan fingerprint density at radius 2 is 0.535 bits per heavy atom. The third kappa shape index (κ3) is 14.3. The van der Waals surface area contributed by atoms with Gasteiger partial charge >= 0.3 is 0 Å². The van der Waals surface area contributed by atoms with Crippen LogP contribution in [-0.2, 0) is 10.8 Å². The molecule has 11 aromatic carbocycles. The van der Waals surface area contributed by atoms with E-state index in [0.717, 1.165) is 142 Å². The van der Waals surface area contributed by atoms with E-state index in [4.69, 9.17) is 9.97 Å². The van der Waals surface area contributed by atoms with Gasteiger partial charge in [0.1, 0.15) is 10.0 Å². The largest absolute Gasteiger partial charge is 0.268 e. The number of para-hydroxylation sites is 2. The van der Waals surface area contributed by atoms with Crippen LogP contribution in [0.1, 0.15) is 323 Å². The topological polar surface area (TPSA) is 101 Å². The molecule has 0 unspecified atom stereocenters. The Labute approximate surface area is 682 Å². The van der Waals surface area contributed by atoms with E-state index in [2.05, 4.69) is 137 Å². The van der Waals surface area contributed by atoms with E-state index in [1.54, 1.807) is 22.7 Å². The molecule has 4 amide bonds. The molecule has 584 valence electrons. The predicted molar refractivity (Wildman–Crippen MR) is 481 cm³/mol. The molecule has 0 N–H and O–H groups in total. The van der Waals surface area contributed by atoms with E-state index in [1.165, 1.54) is 218 Å². The molecule has 0 saturated heterocycles. The summed E-state index contributed by atoms with van der Waals surface area (Å²) in [5, 5.41) is 8.53. The molecule has 0 spiro atoms. The maximum Gasteiger partial charge on any atom is 0.265 e. The number of hydrogen-bond acceptors (Lipinski definition) is 8. The van der Waals surface area contributed by atoms with E-state index in [9.17, 15) is 0 Å². The van der Waals surface area contributed by atoms with Crippen LogP contribution in [0.25, 0.3) is 107 Å². The fraction of sp³-hybridized carbons (Fsp3) is 0.404. The normalized spacial score (nSPS) is 14.5. The lowest BCUT2D eigenvalue weighted by atomic mass is 9.70. The highest BCUT2D eigenvalue weighted by atomic mass is 32.1. The lowest BCUT2D eigenvalue weighted by Crippen LogP contribution is -2.41. The fourth-order valence-electron chi connectivity index (χ4n) is 20.8.